The zero-order valence-corrected chi connectivity index (χ0v) is 17.4. The minimum atomic E-state index is -0.318. The van der Waals surface area contributed by atoms with Crippen molar-refractivity contribution in [1.82, 2.24) is 25.0 Å². The summed E-state index contributed by atoms with van der Waals surface area (Å²) in [6.07, 6.45) is 0. The summed E-state index contributed by atoms with van der Waals surface area (Å²) in [5, 5.41) is 12.6. The second kappa shape index (κ2) is 8.15. The first-order valence-corrected chi connectivity index (χ1v) is 9.96. The molecule has 10 heteroatoms. The molecule has 30 heavy (non-hydrogen) atoms. The van der Waals surface area contributed by atoms with Crippen LogP contribution in [0.15, 0.2) is 52.1 Å². The maximum atomic E-state index is 13.8. The summed E-state index contributed by atoms with van der Waals surface area (Å²) < 4.78 is 26.0. The average Bonchev–Trinajstić information content (AvgIpc) is 3.38. The lowest BCUT2D eigenvalue weighted by atomic mass is 10.1. The number of nitrogen functional groups attached to an aromatic ring is 1. The van der Waals surface area contributed by atoms with Gasteiger partial charge in [-0.15, -0.1) is 10.2 Å². The summed E-state index contributed by atoms with van der Waals surface area (Å²) in [6.45, 7) is 3.58. The van der Waals surface area contributed by atoms with Gasteiger partial charge in [0.1, 0.15) is 11.6 Å². The summed E-state index contributed by atoms with van der Waals surface area (Å²) in [4.78, 5) is 4.39. The molecule has 0 radical (unpaired) electrons. The zero-order valence-electron chi connectivity index (χ0n) is 16.5. The van der Waals surface area contributed by atoms with Crippen LogP contribution < -0.4 is 10.6 Å². The maximum Gasteiger partial charge on any atom is 0.240 e. The minimum absolute atomic E-state index is 0.251. The van der Waals surface area contributed by atoms with Gasteiger partial charge in [-0.3, -0.25) is 0 Å². The smallest absolute Gasteiger partial charge is 0.240 e. The highest BCUT2D eigenvalue weighted by Crippen LogP contribution is 2.35. The van der Waals surface area contributed by atoms with Gasteiger partial charge in [-0.1, -0.05) is 41.2 Å². The normalized spacial score (nSPS) is 12.1. The van der Waals surface area contributed by atoms with Crippen LogP contribution in [-0.4, -0.2) is 32.1 Å². The topological polar surface area (TPSA) is 105 Å². The predicted molar refractivity (Wildman–Crippen MR) is 111 cm³/mol. The first-order valence-electron chi connectivity index (χ1n) is 9.08. The summed E-state index contributed by atoms with van der Waals surface area (Å²) in [5.74, 6) is 7.72. The molecule has 4 rings (SSSR count). The lowest BCUT2D eigenvalue weighted by molar-refractivity contribution is 0.380. The molecule has 2 aromatic heterocycles. The Morgan fingerprint density at radius 1 is 1.20 bits per heavy atom. The van der Waals surface area contributed by atoms with Crippen LogP contribution in [0.3, 0.4) is 0 Å². The molecule has 0 aliphatic rings. The van der Waals surface area contributed by atoms with E-state index in [-0.39, 0.29) is 11.1 Å². The number of benzene rings is 2. The fraction of sp³-hybridized carbons (Fsp3) is 0.200. The SMILES string of the molecule is COc1ccccc1-c1nnc(SC(C)c2nc(-c3ccc(C)c(F)c3)no2)n1N. The Balaban J connectivity index is 1.55. The van der Waals surface area contributed by atoms with Crippen LogP contribution >= 0.6 is 11.8 Å². The lowest BCUT2D eigenvalue weighted by Crippen LogP contribution is -2.12. The van der Waals surface area contributed by atoms with E-state index in [4.69, 9.17) is 15.1 Å². The van der Waals surface area contributed by atoms with Crippen LogP contribution in [-0.2, 0) is 0 Å². The number of para-hydroxylation sites is 1. The van der Waals surface area contributed by atoms with Gasteiger partial charge in [-0.05, 0) is 37.6 Å². The monoisotopic (exact) mass is 426 g/mol. The third-order valence-corrected chi connectivity index (χ3v) is 5.56. The van der Waals surface area contributed by atoms with Gasteiger partial charge >= 0.3 is 0 Å². The van der Waals surface area contributed by atoms with Gasteiger partial charge in [0, 0.05) is 5.56 Å². The van der Waals surface area contributed by atoms with Crippen LogP contribution in [0, 0.1) is 12.7 Å². The highest BCUT2D eigenvalue weighted by Gasteiger charge is 2.22. The van der Waals surface area contributed by atoms with Crippen molar-refractivity contribution in [1.29, 1.82) is 0 Å². The maximum absolute atomic E-state index is 13.8. The lowest BCUT2D eigenvalue weighted by Gasteiger charge is -2.09. The number of aryl methyl sites for hydroxylation is 1. The number of hydrogen-bond donors (Lipinski definition) is 1. The van der Waals surface area contributed by atoms with Gasteiger partial charge in [-0.25, -0.2) is 9.07 Å². The highest BCUT2D eigenvalue weighted by atomic mass is 32.2. The molecule has 2 aromatic carbocycles. The number of hydrogen-bond acceptors (Lipinski definition) is 8. The van der Waals surface area contributed by atoms with Gasteiger partial charge < -0.3 is 15.1 Å². The Hall–Kier alpha value is -3.40. The van der Waals surface area contributed by atoms with E-state index in [0.717, 1.165) is 5.56 Å². The quantitative estimate of drug-likeness (QED) is 0.364. The van der Waals surface area contributed by atoms with E-state index in [1.807, 2.05) is 31.2 Å². The molecule has 8 nitrogen and oxygen atoms in total. The van der Waals surface area contributed by atoms with E-state index < -0.39 is 0 Å². The molecule has 0 aliphatic carbocycles. The molecule has 0 aliphatic heterocycles. The molecule has 0 bridgehead atoms. The molecule has 2 N–H and O–H groups in total. The Labute approximate surface area is 176 Å². The van der Waals surface area contributed by atoms with Crippen molar-refractivity contribution in [2.45, 2.75) is 24.3 Å². The molecule has 154 valence electrons. The van der Waals surface area contributed by atoms with Crippen LogP contribution in [0.4, 0.5) is 4.39 Å². The molecule has 1 atom stereocenters. The number of methoxy groups -OCH3 is 1. The van der Waals surface area contributed by atoms with Crippen molar-refractivity contribution in [3.63, 3.8) is 0 Å². The number of halogens is 1. The third kappa shape index (κ3) is 3.73. The zero-order chi connectivity index (χ0) is 21.3. The molecule has 0 amide bonds. The van der Waals surface area contributed by atoms with Gasteiger partial charge in [0.25, 0.3) is 0 Å². The van der Waals surface area contributed by atoms with E-state index in [9.17, 15) is 4.39 Å². The summed E-state index contributed by atoms with van der Waals surface area (Å²) >= 11 is 1.32. The summed E-state index contributed by atoms with van der Waals surface area (Å²) in [6, 6.07) is 12.2. The van der Waals surface area contributed by atoms with E-state index >= 15 is 0 Å². The van der Waals surface area contributed by atoms with Crippen LogP contribution in [0.25, 0.3) is 22.8 Å². The van der Waals surface area contributed by atoms with Gasteiger partial charge in [0.05, 0.1) is 17.9 Å². The van der Waals surface area contributed by atoms with Gasteiger partial charge in [0.2, 0.25) is 16.9 Å². The second-order valence-corrected chi connectivity index (χ2v) is 7.86. The number of thioether (sulfide) groups is 1. The molecule has 2 heterocycles. The average molecular weight is 426 g/mol. The molecular formula is C20H19FN6O2S. The molecular weight excluding hydrogens is 407 g/mol. The Morgan fingerprint density at radius 2 is 2.00 bits per heavy atom. The number of nitrogens with zero attached hydrogens (tertiary/aromatic N) is 5. The molecule has 0 fully saturated rings. The van der Waals surface area contributed by atoms with Crippen LogP contribution in [0.1, 0.15) is 23.6 Å². The molecule has 1 unspecified atom stereocenters. The van der Waals surface area contributed by atoms with Crippen LogP contribution in [0.2, 0.25) is 0 Å². The Kier molecular flexibility index (Phi) is 5.40. The van der Waals surface area contributed by atoms with E-state index in [0.29, 0.717) is 39.6 Å². The Bertz CT molecular complexity index is 1190. The van der Waals surface area contributed by atoms with Gasteiger partial charge in [-0.2, -0.15) is 4.98 Å². The molecule has 4 aromatic rings. The largest absolute Gasteiger partial charge is 0.496 e. The number of aromatic nitrogens is 5. The summed E-state index contributed by atoms with van der Waals surface area (Å²) in [5.41, 5.74) is 1.83. The van der Waals surface area contributed by atoms with Crippen molar-refractivity contribution in [2.24, 2.45) is 0 Å². The van der Waals surface area contributed by atoms with Crippen LogP contribution in [0.5, 0.6) is 5.75 Å². The fourth-order valence-corrected chi connectivity index (χ4v) is 3.63. The van der Waals surface area contributed by atoms with Crippen molar-refractivity contribution in [3.05, 3.63) is 59.7 Å². The van der Waals surface area contributed by atoms with E-state index in [1.165, 1.54) is 22.5 Å². The Morgan fingerprint density at radius 3 is 2.77 bits per heavy atom. The predicted octanol–water partition coefficient (Wildman–Crippen LogP) is 4.02. The first-order chi connectivity index (χ1) is 14.5. The van der Waals surface area contributed by atoms with Crippen molar-refractivity contribution >= 4 is 11.8 Å². The number of rotatable bonds is 6. The number of ether oxygens (including phenoxy) is 1. The van der Waals surface area contributed by atoms with Crippen molar-refractivity contribution in [3.8, 4) is 28.5 Å². The molecule has 0 spiro atoms. The van der Waals surface area contributed by atoms with E-state index in [2.05, 4.69) is 20.3 Å². The van der Waals surface area contributed by atoms with Crippen molar-refractivity contribution < 1.29 is 13.7 Å². The highest BCUT2D eigenvalue weighted by molar-refractivity contribution is 7.99. The number of nitrogens with two attached hydrogens (primary N) is 1. The van der Waals surface area contributed by atoms with E-state index in [1.54, 1.807) is 26.2 Å². The minimum Gasteiger partial charge on any atom is -0.496 e. The fourth-order valence-electron chi connectivity index (χ4n) is 2.83. The van der Waals surface area contributed by atoms with Crippen molar-refractivity contribution in [2.75, 3.05) is 13.0 Å². The first kappa shape index (κ1) is 19.9. The molecule has 0 saturated carbocycles. The third-order valence-electron chi connectivity index (χ3n) is 4.51. The molecule has 0 saturated heterocycles. The summed E-state index contributed by atoms with van der Waals surface area (Å²) in [7, 11) is 1.58. The van der Waals surface area contributed by atoms with Gasteiger partial charge in [0.15, 0.2) is 5.82 Å². The standard InChI is InChI=1S/C20H19FN6O2S/c1-11-8-9-13(10-15(11)21)17-23-19(29-26-17)12(2)30-20-25-24-18(27(20)22)14-6-4-5-7-16(14)28-3/h4-10,12H,22H2,1-3H3. The second-order valence-electron chi connectivity index (χ2n) is 6.56.